The highest BCUT2D eigenvalue weighted by Crippen LogP contribution is 2.61. The van der Waals surface area contributed by atoms with Crippen LogP contribution in [0.5, 0.6) is 0 Å². The molecule has 16 atom stereocenters. The number of carbonyl (C=O) groups excluding carboxylic acids is 2. The summed E-state index contributed by atoms with van der Waals surface area (Å²) < 4.78 is 47.3. The maximum Gasteiger partial charge on any atom is 0.331 e. The fourth-order valence-corrected chi connectivity index (χ4v) is 7.25. The number of benzene rings is 1. The second kappa shape index (κ2) is 15.5. The zero-order chi connectivity index (χ0) is 36.6. The number of hydrogen-bond acceptors (Lipinski definition) is 16. The van der Waals surface area contributed by atoms with E-state index in [9.17, 15) is 40.2 Å². The predicted molar refractivity (Wildman–Crippen MR) is 170 cm³/mol. The Labute approximate surface area is 294 Å². The third kappa shape index (κ3) is 7.59. The van der Waals surface area contributed by atoms with Crippen LogP contribution in [0.25, 0.3) is 6.08 Å². The molecule has 3 saturated heterocycles. The fraction of sp³-hybridized carbons (Fsp3) is 0.657. The molecule has 16 heteroatoms. The van der Waals surface area contributed by atoms with Crippen LogP contribution >= 0.6 is 0 Å². The maximum atomic E-state index is 13.2. The Hall–Kier alpha value is -3.00. The molecule has 0 amide bonds. The van der Waals surface area contributed by atoms with Gasteiger partial charge in [-0.3, -0.25) is 4.79 Å². The highest BCUT2D eigenvalue weighted by molar-refractivity contribution is 5.87. The van der Waals surface area contributed by atoms with Gasteiger partial charge in [-0.1, -0.05) is 44.2 Å². The van der Waals surface area contributed by atoms with Gasteiger partial charge in [0.15, 0.2) is 24.8 Å². The Balaban J connectivity index is 1.24. The van der Waals surface area contributed by atoms with Gasteiger partial charge in [0.2, 0.25) is 6.29 Å². The number of epoxide rings is 1. The van der Waals surface area contributed by atoms with Gasteiger partial charge in [0.25, 0.3) is 0 Å². The molecule has 1 aromatic rings. The predicted octanol–water partition coefficient (Wildman–Crippen LogP) is -0.877. The topological polar surface area (TPSA) is 233 Å². The molecule has 6 rings (SSSR count). The molecule has 0 bridgehead atoms. The van der Waals surface area contributed by atoms with E-state index in [1.54, 1.807) is 37.3 Å². The quantitative estimate of drug-likeness (QED) is 0.0874. The van der Waals surface area contributed by atoms with Gasteiger partial charge in [-0.25, -0.2) is 4.79 Å². The van der Waals surface area contributed by atoms with Crippen LogP contribution in [0.15, 0.2) is 48.7 Å². The number of rotatable bonds is 12. The number of esters is 2. The van der Waals surface area contributed by atoms with Crippen LogP contribution in [-0.2, 0) is 47.5 Å². The molecule has 6 N–H and O–H groups in total. The van der Waals surface area contributed by atoms with Crippen molar-refractivity contribution in [1.29, 1.82) is 0 Å². The molecule has 282 valence electrons. The Morgan fingerprint density at radius 1 is 0.882 bits per heavy atom. The first-order chi connectivity index (χ1) is 24.4. The molecule has 1 aliphatic carbocycles. The first kappa shape index (κ1) is 37.7. The van der Waals surface area contributed by atoms with Crippen molar-refractivity contribution in [3.8, 4) is 0 Å². The summed E-state index contributed by atoms with van der Waals surface area (Å²) in [5.41, 5.74) is -0.530. The monoisotopic (exact) mass is 722 g/mol. The van der Waals surface area contributed by atoms with Crippen LogP contribution in [-0.4, -0.2) is 141 Å². The van der Waals surface area contributed by atoms with Crippen molar-refractivity contribution in [3.05, 3.63) is 54.3 Å². The highest BCUT2D eigenvalue weighted by Gasteiger charge is 2.77. The fourth-order valence-electron chi connectivity index (χ4n) is 7.25. The SMILES string of the molecule is CC(C)CC(=O)OC1C(O)C(C)OC(OC2C3C=COC(OC4OC(CO)C(O)C(O)C4O)C3C3(CO)OC23)C1OC(=O)C=Cc1ccccc1. The number of aliphatic hydroxyl groups excluding tert-OH is 6. The van der Waals surface area contributed by atoms with E-state index in [0.717, 1.165) is 5.56 Å². The average molecular weight is 723 g/mol. The van der Waals surface area contributed by atoms with Crippen molar-refractivity contribution in [3.63, 3.8) is 0 Å². The third-order valence-electron chi connectivity index (χ3n) is 9.95. The van der Waals surface area contributed by atoms with E-state index in [0.29, 0.717) is 0 Å². The van der Waals surface area contributed by atoms with E-state index >= 15 is 0 Å². The molecule has 0 spiro atoms. The first-order valence-electron chi connectivity index (χ1n) is 17.1. The molecule has 4 heterocycles. The standard InChI is InChI=1S/C35H46O16/c1-16(2)13-22(39)48-29-24(40)17(3)45-34(30(29)47-21(38)10-9-18-7-5-4-6-8-18)49-28-19-11-12-44-32(23(19)35(15-37)31(28)51-35)50-33-27(43)26(42)25(41)20(14-36)46-33/h4-12,16-17,19-20,23-34,36-37,40-43H,13-15H2,1-3H3. The molecule has 0 radical (unpaired) electrons. The maximum absolute atomic E-state index is 13.2. The van der Waals surface area contributed by atoms with Crippen molar-refractivity contribution in [1.82, 2.24) is 0 Å². The zero-order valence-electron chi connectivity index (χ0n) is 28.3. The number of ether oxygens (including phenoxy) is 8. The van der Waals surface area contributed by atoms with Crippen LogP contribution in [0.3, 0.4) is 0 Å². The normalized spacial score (nSPS) is 43.0. The van der Waals surface area contributed by atoms with E-state index in [1.807, 2.05) is 19.9 Å². The summed E-state index contributed by atoms with van der Waals surface area (Å²) in [5.74, 6) is -2.86. The van der Waals surface area contributed by atoms with Crippen LogP contribution in [0.1, 0.15) is 32.8 Å². The lowest BCUT2D eigenvalue weighted by Gasteiger charge is -2.44. The summed E-state index contributed by atoms with van der Waals surface area (Å²) in [5, 5.41) is 62.4. The summed E-state index contributed by atoms with van der Waals surface area (Å²) in [7, 11) is 0. The van der Waals surface area contributed by atoms with Crippen molar-refractivity contribution in [2.75, 3.05) is 13.2 Å². The van der Waals surface area contributed by atoms with Crippen LogP contribution in [0.2, 0.25) is 0 Å². The largest absolute Gasteiger partial charge is 0.472 e. The van der Waals surface area contributed by atoms with Crippen molar-refractivity contribution in [2.45, 2.75) is 113 Å². The lowest BCUT2D eigenvalue weighted by molar-refractivity contribution is -0.347. The zero-order valence-corrected chi connectivity index (χ0v) is 28.3. The second-order valence-corrected chi connectivity index (χ2v) is 13.9. The molecule has 16 unspecified atom stereocenters. The second-order valence-electron chi connectivity index (χ2n) is 13.9. The van der Waals surface area contributed by atoms with Crippen molar-refractivity contribution >= 4 is 18.0 Å². The van der Waals surface area contributed by atoms with Gasteiger partial charge >= 0.3 is 11.9 Å². The Morgan fingerprint density at radius 2 is 1.63 bits per heavy atom. The van der Waals surface area contributed by atoms with Crippen molar-refractivity contribution < 1.29 is 78.1 Å². The van der Waals surface area contributed by atoms with Gasteiger partial charge in [0.05, 0.1) is 37.6 Å². The van der Waals surface area contributed by atoms with Crippen LogP contribution in [0, 0.1) is 17.8 Å². The number of hydrogen-bond donors (Lipinski definition) is 6. The summed E-state index contributed by atoms with van der Waals surface area (Å²) >= 11 is 0. The Morgan fingerprint density at radius 3 is 2.31 bits per heavy atom. The summed E-state index contributed by atoms with van der Waals surface area (Å²) in [6.07, 6.45) is -11.4. The smallest absolute Gasteiger partial charge is 0.331 e. The van der Waals surface area contributed by atoms with Crippen LogP contribution in [0.4, 0.5) is 0 Å². The number of aliphatic hydroxyl groups is 6. The minimum absolute atomic E-state index is 0.0422. The lowest BCUT2D eigenvalue weighted by Crippen LogP contribution is -2.61. The molecule has 5 aliphatic rings. The molecule has 0 aromatic heterocycles. The first-order valence-corrected chi connectivity index (χ1v) is 17.1. The number of carbonyl (C=O) groups is 2. The third-order valence-corrected chi connectivity index (χ3v) is 9.95. The van der Waals surface area contributed by atoms with Gasteiger partial charge in [-0.2, -0.15) is 0 Å². The Kier molecular flexibility index (Phi) is 11.5. The minimum Gasteiger partial charge on any atom is -0.472 e. The number of fused-ring (bicyclic) bond motifs is 3. The molecule has 4 aliphatic heterocycles. The van der Waals surface area contributed by atoms with E-state index in [1.165, 1.54) is 18.4 Å². The summed E-state index contributed by atoms with van der Waals surface area (Å²) in [6.45, 7) is 4.05. The lowest BCUT2D eigenvalue weighted by atomic mass is 9.85. The minimum atomic E-state index is -1.71. The molecule has 4 fully saturated rings. The van der Waals surface area contributed by atoms with Gasteiger partial charge in [0, 0.05) is 18.4 Å². The summed E-state index contributed by atoms with van der Waals surface area (Å²) in [6, 6.07) is 9.01. The van der Waals surface area contributed by atoms with E-state index < -0.39 is 122 Å². The van der Waals surface area contributed by atoms with Gasteiger partial charge < -0.3 is 68.5 Å². The molecular weight excluding hydrogens is 676 g/mol. The van der Waals surface area contributed by atoms with Gasteiger partial charge in [-0.05, 0) is 30.6 Å². The molecule has 1 saturated carbocycles. The Bertz CT molecular complexity index is 1420. The summed E-state index contributed by atoms with van der Waals surface area (Å²) in [4.78, 5) is 26.1. The molecular formula is C35H46O16. The molecule has 1 aromatic carbocycles. The highest BCUT2D eigenvalue weighted by atomic mass is 16.8. The van der Waals surface area contributed by atoms with E-state index in [2.05, 4.69) is 0 Å². The van der Waals surface area contributed by atoms with E-state index in [4.69, 9.17) is 37.9 Å². The van der Waals surface area contributed by atoms with Crippen LogP contribution < -0.4 is 0 Å². The average Bonchev–Trinajstić information content (AvgIpc) is 3.78. The van der Waals surface area contributed by atoms with Gasteiger partial charge in [-0.15, -0.1) is 0 Å². The molecule has 16 nitrogen and oxygen atoms in total. The van der Waals surface area contributed by atoms with Gasteiger partial charge in [0.1, 0.15) is 42.2 Å². The van der Waals surface area contributed by atoms with E-state index in [-0.39, 0.29) is 12.3 Å². The van der Waals surface area contributed by atoms with Crippen molar-refractivity contribution in [2.24, 2.45) is 17.8 Å². The molecule has 51 heavy (non-hydrogen) atoms.